The van der Waals surface area contributed by atoms with E-state index in [1.807, 2.05) is 6.07 Å². The summed E-state index contributed by atoms with van der Waals surface area (Å²) in [7, 11) is 1.47. The van der Waals surface area contributed by atoms with Crippen LogP contribution in [-0.2, 0) is 6.54 Å². The summed E-state index contributed by atoms with van der Waals surface area (Å²) in [6.45, 7) is 2.60. The van der Waals surface area contributed by atoms with Crippen LogP contribution in [0.15, 0.2) is 36.7 Å². The quantitative estimate of drug-likeness (QED) is 0.918. The molecule has 0 radical (unpaired) electrons. The van der Waals surface area contributed by atoms with Gasteiger partial charge in [0, 0.05) is 38.1 Å². The van der Waals surface area contributed by atoms with E-state index >= 15 is 0 Å². The Balaban J connectivity index is 1.56. The number of benzene rings is 1. The lowest BCUT2D eigenvalue weighted by molar-refractivity contribution is 0.327. The third-order valence-electron chi connectivity index (χ3n) is 3.79. The number of likely N-dealkylation sites (tertiary alicyclic amines) is 1. The van der Waals surface area contributed by atoms with Crippen molar-refractivity contribution in [1.82, 2.24) is 14.9 Å². The zero-order valence-corrected chi connectivity index (χ0v) is 12.5. The molecule has 1 atom stereocenters. The molecular formula is C16H19FN4O. The Morgan fingerprint density at radius 3 is 2.91 bits per heavy atom. The molecule has 22 heavy (non-hydrogen) atoms. The molecular weight excluding hydrogens is 283 g/mol. The van der Waals surface area contributed by atoms with Gasteiger partial charge in [0.25, 0.3) is 0 Å². The van der Waals surface area contributed by atoms with Gasteiger partial charge >= 0.3 is 0 Å². The number of nitrogens with one attached hydrogen (secondary N) is 1. The van der Waals surface area contributed by atoms with E-state index in [4.69, 9.17) is 4.74 Å². The van der Waals surface area contributed by atoms with Crippen molar-refractivity contribution in [3.8, 4) is 5.75 Å². The fourth-order valence-corrected chi connectivity index (χ4v) is 2.72. The van der Waals surface area contributed by atoms with Gasteiger partial charge in [-0.15, -0.1) is 0 Å². The van der Waals surface area contributed by atoms with Gasteiger partial charge in [0.2, 0.25) is 5.95 Å². The van der Waals surface area contributed by atoms with Gasteiger partial charge in [0.05, 0.1) is 7.11 Å². The minimum absolute atomic E-state index is 0.283. The first-order valence-corrected chi connectivity index (χ1v) is 7.33. The molecule has 0 saturated carbocycles. The maximum Gasteiger partial charge on any atom is 0.222 e. The first-order chi connectivity index (χ1) is 10.7. The summed E-state index contributed by atoms with van der Waals surface area (Å²) >= 11 is 0. The number of anilines is 1. The third kappa shape index (κ3) is 3.51. The molecule has 0 amide bonds. The monoisotopic (exact) mass is 302 g/mol. The Kier molecular flexibility index (Phi) is 4.48. The van der Waals surface area contributed by atoms with E-state index in [-0.39, 0.29) is 11.6 Å². The Morgan fingerprint density at radius 2 is 2.18 bits per heavy atom. The van der Waals surface area contributed by atoms with Crippen LogP contribution in [0.25, 0.3) is 0 Å². The zero-order valence-electron chi connectivity index (χ0n) is 12.5. The Labute approximate surface area is 129 Å². The summed E-state index contributed by atoms with van der Waals surface area (Å²) in [4.78, 5) is 10.6. The van der Waals surface area contributed by atoms with Crippen LogP contribution in [0.3, 0.4) is 0 Å². The molecule has 1 aliphatic rings. The fourth-order valence-electron chi connectivity index (χ4n) is 2.72. The summed E-state index contributed by atoms with van der Waals surface area (Å²) in [6.07, 6.45) is 4.47. The molecule has 0 spiro atoms. The number of hydrogen-bond donors (Lipinski definition) is 1. The lowest BCUT2D eigenvalue weighted by atomic mass is 10.2. The van der Waals surface area contributed by atoms with Gasteiger partial charge in [-0.2, -0.15) is 0 Å². The number of ether oxygens (including phenoxy) is 1. The van der Waals surface area contributed by atoms with Gasteiger partial charge in [0.15, 0.2) is 11.6 Å². The van der Waals surface area contributed by atoms with Crippen LogP contribution in [0.2, 0.25) is 0 Å². The van der Waals surface area contributed by atoms with E-state index in [2.05, 4.69) is 20.2 Å². The lowest BCUT2D eigenvalue weighted by Gasteiger charge is -2.17. The average molecular weight is 302 g/mol. The van der Waals surface area contributed by atoms with Crippen molar-refractivity contribution in [2.45, 2.75) is 19.0 Å². The van der Waals surface area contributed by atoms with Crippen LogP contribution in [0, 0.1) is 5.82 Å². The number of methoxy groups -OCH3 is 1. The first kappa shape index (κ1) is 14.7. The molecule has 2 heterocycles. The van der Waals surface area contributed by atoms with Gasteiger partial charge in [0.1, 0.15) is 0 Å². The second-order valence-corrected chi connectivity index (χ2v) is 5.41. The average Bonchev–Trinajstić information content (AvgIpc) is 2.95. The predicted molar refractivity (Wildman–Crippen MR) is 82.3 cm³/mol. The van der Waals surface area contributed by atoms with E-state index in [0.29, 0.717) is 12.0 Å². The molecule has 6 heteroatoms. The van der Waals surface area contributed by atoms with Crippen LogP contribution in [0.5, 0.6) is 5.75 Å². The molecule has 1 unspecified atom stereocenters. The molecule has 1 saturated heterocycles. The van der Waals surface area contributed by atoms with Gasteiger partial charge in [-0.05, 0) is 30.2 Å². The number of nitrogens with zero attached hydrogens (tertiary/aromatic N) is 3. The molecule has 0 aliphatic carbocycles. The molecule has 3 rings (SSSR count). The molecule has 1 aliphatic heterocycles. The highest BCUT2D eigenvalue weighted by molar-refractivity contribution is 5.29. The van der Waals surface area contributed by atoms with Crippen molar-refractivity contribution in [3.05, 3.63) is 48.0 Å². The fraction of sp³-hybridized carbons (Fsp3) is 0.375. The molecule has 1 aromatic heterocycles. The van der Waals surface area contributed by atoms with Crippen molar-refractivity contribution >= 4 is 5.95 Å². The minimum Gasteiger partial charge on any atom is -0.494 e. The van der Waals surface area contributed by atoms with Crippen LogP contribution in [0.1, 0.15) is 12.0 Å². The maximum absolute atomic E-state index is 13.7. The van der Waals surface area contributed by atoms with E-state index < -0.39 is 0 Å². The first-order valence-electron chi connectivity index (χ1n) is 7.33. The highest BCUT2D eigenvalue weighted by atomic mass is 19.1. The van der Waals surface area contributed by atoms with Crippen LogP contribution < -0.4 is 10.1 Å². The van der Waals surface area contributed by atoms with E-state index in [9.17, 15) is 4.39 Å². The zero-order chi connectivity index (χ0) is 15.4. The maximum atomic E-state index is 13.7. The summed E-state index contributed by atoms with van der Waals surface area (Å²) in [5.41, 5.74) is 0.954. The second-order valence-electron chi connectivity index (χ2n) is 5.41. The SMILES string of the molecule is COc1ccc(CN2CCC(Nc3ncccn3)C2)cc1F. The van der Waals surface area contributed by atoms with Gasteiger partial charge in [-0.25, -0.2) is 14.4 Å². The van der Waals surface area contributed by atoms with Crippen molar-refractivity contribution in [2.24, 2.45) is 0 Å². The number of rotatable bonds is 5. The van der Waals surface area contributed by atoms with E-state index in [1.54, 1.807) is 30.6 Å². The second kappa shape index (κ2) is 6.70. The van der Waals surface area contributed by atoms with Gasteiger partial charge in [-0.1, -0.05) is 6.07 Å². The van der Waals surface area contributed by atoms with Gasteiger partial charge in [-0.3, -0.25) is 4.90 Å². The summed E-state index contributed by atoms with van der Waals surface area (Å²) in [5.74, 6) is 0.627. The Bertz CT molecular complexity index is 623. The van der Waals surface area contributed by atoms with E-state index in [1.165, 1.54) is 7.11 Å². The smallest absolute Gasteiger partial charge is 0.222 e. The normalized spacial score (nSPS) is 18.4. The van der Waals surface area contributed by atoms with Crippen LogP contribution in [0.4, 0.5) is 10.3 Å². The molecule has 2 aromatic rings. The number of hydrogen-bond acceptors (Lipinski definition) is 5. The standard InChI is InChI=1S/C16H19FN4O/c1-22-15-4-3-12(9-14(15)17)10-21-8-5-13(11-21)20-16-18-6-2-7-19-16/h2-4,6-7,9,13H,5,8,10-11H2,1H3,(H,18,19,20). The number of aromatic nitrogens is 2. The molecule has 5 nitrogen and oxygen atoms in total. The van der Waals surface area contributed by atoms with Crippen molar-refractivity contribution in [2.75, 3.05) is 25.5 Å². The van der Waals surface area contributed by atoms with Gasteiger partial charge < -0.3 is 10.1 Å². The highest BCUT2D eigenvalue weighted by Gasteiger charge is 2.23. The van der Waals surface area contributed by atoms with Crippen molar-refractivity contribution in [3.63, 3.8) is 0 Å². The minimum atomic E-state index is -0.313. The van der Waals surface area contributed by atoms with Crippen molar-refractivity contribution < 1.29 is 9.13 Å². The lowest BCUT2D eigenvalue weighted by Crippen LogP contribution is -2.26. The molecule has 116 valence electrons. The molecule has 0 bridgehead atoms. The van der Waals surface area contributed by atoms with E-state index in [0.717, 1.165) is 31.6 Å². The Hall–Kier alpha value is -2.21. The topological polar surface area (TPSA) is 50.3 Å². The molecule has 1 aromatic carbocycles. The van der Waals surface area contributed by atoms with Crippen LogP contribution >= 0.6 is 0 Å². The molecule has 1 N–H and O–H groups in total. The number of halogens is 1. The van der Waals surface area contributed by atoms with Crippen LogP contribution in [-0.4, -0.2) is 41.1 Å². The Morgan fingerprint density at radius 1 is 1.36 bits per heavy atom. The largest absolute Gasteiger partial charge is 0.494 e. The predicted octanol–water partition coefficient (Wildman–Crippen LogP) is 2.31. The third-order valence-corrected chi connectivity index (χ3v) is 3.79. The summed E-state index contributed by atoms with van der Waals surface area (Å²) < 4.78 is 18.7. The summed E-state index contributed by atoms with van der Waals surface area (Å²) in [5, 5.41) is 3.33. The molecule has 1 fully saturated rings. The highest BCUT2D eigenvalue weighted by Crippen LogP contribution is 2.21. The summed E-state index contributed by atoms with van der Waals surface area (Å²) in [6, 6.07) is 7.24. The van der Waals surface area contributed by atoms with Crippen molar-refractivity contribution in [1.29, 1.82) is 0 Å².